The van der Waals surface area contributed by atoms with Gasteiger partial charge in [0, 0.05) is 21.3 Å². The van der Waals surface area contributed by atoms with Gasteiger partial charge in [0.05, 0.1) is 19.5 Å². The topological polar surface area (TPSA) is 178 Å². The molecule has 1 saturated heterocycles. The maximum atomic E-state index is 10.1. The molecule has 32 heavy (non-hydrogen) atoms. The normalized spacial score (nSPS) is 26.0. The van der Waals surface area contributed by atoms with Crippen molar-refractivity contribution >= 4 is 44.4 Å². The molecule has 1 fully saturated rings. The average molecular weight is 532 g/mol. The second kappa shape index (κ2) is 9.93. The summed E-state index contributed by atoms with van der Waals surface area (Å²) in [7, 11) is 0. The smallest absolute Gasteiger partial charge is 0.247 e. The maximum Gasteiger partial charge on any atom is 0.247 e. The minimum absolute atomic E-state index is 0.0245. The number of nitrogen functional groups attached to an aromatic ring is 1. The molecule has 3 aromatic rings. The van der Waals surface area contributed by atoms with Crippen molar-refractivity contribution < 1.29 is 34.6 Å². The van der Waals surface area contributed by atoms with Crippen LogP contribution in [-0.2, 0) is 22.6 Å². The number of aliphatic hydroxyl groups excluding tert-OH is 4. The largest absolute Gasteiger partial charge is 0.470 e. The van der Waals surface area contributed by atoms with Gasteiger partial charge < -0.3 is 44.9 Å². The lowest BCUT2D eigenvalue weighted by molar-refractivity contribution is -0.301. The van der Waals surface area contributed by atoms with Gasteiger partial charge in [-0.2, -0.15) is 9.97 Å². The van der Waals surface area contributed by atoms with E-state index in [0.29, 0.717) is 17.8 Å². The summed E-state index contributed by atoms with van der Waals surface area (Å²) in [6, 6.07) is 1.95. The zero-order chi connectivity index (χ0) is 22.8. The Kier molecular flexibility index (Phi) is 7.21. The molecule has 4 rings (SSSR count). The lowest BCUT2D eigenvalue weighted by atomic mass is 9.99. The van der Waals surface area contributed by atoms with Crippen molar-refractivity contribution in [3.8, 4) is 5.88 Å². The number of anilines is 1. The summed E-state index contributed by atoms with van der Waals surface area (Å²) in [5.74, 6) is 0.280. The number of aromatic nitrogens is 4. The molecule has 14 heteroatoms. The van der Waals surface area contributed by atoms with Gasteiger partial charge in [0.25, 0.3) is 0 Å². The zero-order valence-corrected chi connectivity index (χ0v) is 19.0. The molecule has 1 aliphatic rings. The number of nitrogens with zero attached hydrogens (tertiary/aromatic N) is 4. The van der Waals surface area contributed by atoms with E-state index in [2.05, 4.69) is 30.9 Å². The molecule has 2 unspecified atom stereocenters. The van der Waals surface area contributed by atoms with Gasteiger partial charge in [0.1, 0.15) is 31.0 Å². The number of thiophene rings is 1. The van der Waals surface area contributed by atoms with Crippen LogP contribution in [-0.4, -0.2) is 83.9 Å². The number of ether oxygens (including phenoxy) is 3. The summed E-state index contributed by atoms with van der Waals surface area (Å²) in [4.78, 5) is 13.7. The fourth-order valence-electron chi connectivity index (χ4n) is 3.24. The Balaban J connectivity index is 1.42. The SMILES string of the molecule is Nc1nc(OCc2cc(Br)cs2)c2ncn(CCO[C@@H]3OC(CO)[C@H](O)[C@H](O)C3O)c2n1. The third-order valence-corrected chi connectivity index (χ3v) is 6.56. The molecule has 0 amide bonds. The van der Waals surface area contributed by atoms with Gasteiger partial charge in [0.15, 0.2) is 17.5 Å². The van der Waals surface area contributed by atoms with Crippen LogP contribution in [0.15, 0.2) is 22.2 Å². The number of nitrogens with two attached hydrogens (primary N) is 1. The van der Waals surface area contributed by atoms with Crippen LogP contribution in [0.25, 0.3) is 11.2 Å². The number of aliphatic hydroxyl groups is 4. The van der Waals surface area contributed by atoms with Gasteiger partial charge in [-0.15, -0.1) is 11.3 Å². The molecule has 3 aromatic heterocycles. The summed E-state index contributed by atoms with van der Waals surface area (Å²) in [5, 5.41) is 41.0. The molecule has 0 radical (unpaired) electrons. The molecule has 5 atom stereocenters. The third-order valence-electron chi connectivity index (χ3n) is 4.88. The summed E-state index contributed by atoms with van der Waals surface area (Å²) in [6.45, 7) is 0.0873. The van der Waals surface area contributed by atoms with Gasteiger partial charge in [-0.05, 0) is 22.0 Å². The van der Waals surface area contributed by atoms with Crippen LogP contribution in [0.3, 0.4) is 0 Å². The molecule has 12 nitrogen and oxygen atoms in total. The van der Waals surface area contributed by atoms with Crippen LogP contribution in [0.5, 0.6) is 5.88 Å². The third kappa shape index (κ3) is 4.87. The highest BCUT2D eigenvalue weighted by molar-refractivity contribution is 9.10. The van der Waals surface area contributed by atoms with Crippen LogP contribution in [0.2, 0.25) is 0 Å². The van der Waals surface area contributed by atoms with E-state index in [1.165, 1.54) is 6.33 Å². The summed E-state index contributed by atoms with van der Waals surface area (Å²) in [6.07, 6.45) is -5.14. The molecule has 4 heterocycles. The van der Waals surface area contributed by atoms with Crippen molar-refractivity contribution in [2.75, 3.05) is 18.9 Å². The van der Waals surface area contributed by atoms with E-state index in [-0.39, 0.29) is 25.0 Å². The number of imidazole rings is 1. The number of rotatable bonds is 8. The molecule has 6 N–H and O–H groups in total. The second-order valence-electron chi connectivity index (χ2n) is 7.09. The van der Waals surface area contributed by atoms with Crippen molar-refractivity contribution in [2.24, 2.45) is 0 Å². The fraction of sp³-hybridized carbons (Fsp3) is 0.500. The number of hydrogen-bond donors (Lipinski definition) is 5. The van der Waals surface area contributed by atoms with E-state index in [1.54, 1.807) is 15.9 Å². The van der Waals surface area contributed by atoms with E-state index in [1.807, 2.05) is 11.4 Å². The minimum atomic E-state index is -1.50. The van der Waals surface area contributed by atoms with Crippen LogP contribution in [0, 0.1) is 0 Å². The van der Waals surface area contributed by atoms with E-state index in [9.17, 15) is 20.4 Å². The first-order valence-electron chi connectivity index (χ1n) is 9.63. The van der Waals surface area contributed by atoms with Crippen LogP contribution >= 0.6 is 27.3 Å². The Morgan fingerprint density at radius 3 is 2.75 bits per heavy atom. The van der Waals surface area contributed by atoms with E-state index >= 15 is 0 Å². The molecule has 0 aliphatic carbocycles. The fourth-order valence-corrected chi connectivity index (χ4v) is 4.60. The second-order valence-corrected chi connectivity index (χ2v) is 9.00. The Morgan fingerprint density at radius 2 is 2.03 bits per heavy atom. The average Bonchev–Trinajstić information content (AvgIpc) is 3.38. The highest BCUT2D eigenvalue weighted by atomic mass is 79.9. The van der Waals surface area contributed by atoms with Crippen LogP contribution in [0.1, 0.15) is 4.88 Å². The van der Waals surface area contributed by atoms with E-state index in [4.69, 9.17) is 19.9 Å². The van der Waals surface area contributed by atoms with Gasteiger partial charge >= 0.3 is 0 Å². The summed E-state index contributed by atoms with van der Waals surface area (Å²) >= 11 is 4.94. The Hall–Kier alpha value is -1.91. The Morgan fingerprint density at radius 1 is 1.22 bits per heavy atom. The van der Waals surface area contributed by atoms with Crippen molar-refractivity contribution in [3.05, 3.63) is 27.1 Å². The number of fused-ring (bicyclic) bond motifs is 1. The first-order valence-corrected chi connectivity index (χ1v) is 11.3. The molecular formula is C18H22BrN5O7S. The summed E-state index contributed by atoms with van der Waals surface area (Å²) < 4.78 is 19.3. The lowest BCUT2D eigenvalue weighted by Gasteiger charge is -2.39. The van der Waals surface area contributed by atoms with Crippen LogP contribution in [0.4, 0.5) is 5.95 Å². The van der Waals surface area contributed by atoms with Gasteiger partial charge in [-0.3, -0.25) is 0 Å². The molecule has 1 aliphatic heterocycles. The first-order chi connectivity index (χ1) is 15.4. The van der Waals surface area contributed by atoms with Crippen molar-refractivity contribution in [3.63, 3.8) is 0 Å². The van der Waals surface area contributed by atoms with Gasteiger partial charge in [-0.25, -0.2) is 4.98 Å². The highest BCUT2D eigenvalue weighted by Gasteiger charge is 2.43. The predicted molar refractivity (Wildman–Crippen MR) is 116 cm³/mol. The molecule has 0 aromatic carbocycles. The number of halogens is 1. The summed E-state index contributed by atoms with van der Waals surface area (Å²) in [5.41, 5.74) is 6.72. The Labute approximate surface area is 194 Å². The molecular weight excluding hydrogens is 510 g/mol. The first kappa shape index (κ1) is 23.3. The standard InChI is InChI=1S/C18H22BrN5O7S/c19-8-3-9(32-6-8)5-30-16-11-15(22-18(20)23-16)24(7-21-11)1-2-29-17-14(28)13(27)12(26)10(4-25)31-17/h3,6-7,10,12-14,17,25-28H,1-2,4-5H2,(H2,20,22,23)/t10?,12-,13-,14?,17+/m0/s1. The Bertz CT molecular complexity index is 1060. The van der Waals surface area contributed by atoms with Crippen molar-refractivity contribution in [1.82, 2.24) is 19.5 Å². The minimum Gasteiger partial charge on any atom is -0.470 e. The monoisotopic (exact) mass is 531 g/mol. The van der Waals surface area contributed by atoms with Crippen molar-refractivity contribution in [1.29, 1.82) is 0 Å². The molecule has 0 saturated carbocycles. The van der Waals surface area contributed by atoms with E-state index in [0.717, 1.165) is 9.35 Å². The van der Waals surface area contributed by atoms with Crippen LogP contribution < -0.4 is 10.5 Å². The zero-order valence-electron chi connectivity index (χ0n) is 16.6. The predicted octanol–water partition coefficient (Wildman–Crippen LogP) is -0.372. The highest BCUT2D eigenvalue weighted by Crippen LogP contribution is 2.26. The van der Waals surface area contributed by atoms with E-state index < -0.39 is 37.3 Å². The van der Waals surface area contributed by atoms with Gasteiger partial charge in [-0.1, -0.05) is 0 Å². The number of hydrogen-bond acceptors (Lipinski definition) is 12. The molecule has 0 spiro atoms. The lowest BCUT2D eigenvalue weighted by Crippen LogP contribution is -2.59. The van der Waals surface area contributed by atoms with Crippen molar-refractivity contribution in [2.45, 2.75) is 43.9 Å². The maximum absolute atomic E-state index is 10.1. The van der Waals surface area contributed by atoms with Gasteiger partial charge in [0.2, 0.25) is 11.8 Å². The quantitative estimate of drug-likeness (QED) is 0.256. The molecule has 0 bridgehead atoms. The molecule has 174 valence electrons.